The summed E-state index contributed by atoms with van der Waals surface area (Å²) in [4.78, 5) is 39.1. The van der Waals surface area contributed by atoms with Gasteiger partial charge in [0.05, 0.1) is 0 Å². The molecule has 0 radical (unpaired) electrons. The Hall–Kier alpha value is -3.87. The van der Waals surface area contributed by atoms with Crippen LogP contribution in [0.5, 0.6) is 0 Å². The van der Waals surface area contributed by atoms with E-state index in [1.165, 1.54) is 4.90 Å². The van der Waals surface area contributed by atoms with Gasteiger partial charge in [-0.2, -0.15) is 0 Å². The van der Waals surface area contributed by atoms with Crippen molar-refractivity contribution < 1.29 is 19.1 Å². The first kappa shape index (κ1) is 22.3. The highest BCUT2D eigenvalue weighted by atomic mass is 16.6. The molecule has 1 aliphatic heterocycles. The number of rotatable bonds is 7. The lowest BCUT2D eigenvalue weighted by atomic mass is 10.0. The highest BCUT2D eigenvalue weighted by molar-refractivity contribution is 5.91. The number of nitrogens with two attached hydrogens (primary N) is 1. The van der Waals surface area contributed by atoms with Crippen molar-refractivity contribution in [1.82, 2.24) is 10.2 Å². The Kier molecular flexibility index (Phi) is 6.88. The van der Waals surface area contributed by atoms with Gasteiger partial charge in [0.25, 0.3) is 0 Å². The summed E-state index contributed by atoms with van der Waals surface area (Å²) in [7, 11) is 0. The van der Waals surface area contributed by atoms with Crippen molar-refractivity contribution >= 4 is 28.7 Å². The fourth-order valence-electron chi connectivity index (χ4n) is 4.15. The summed E-state index contributed by atoms with van der Waals surface area (Å²) in [5.41, 5.74) is 7.35. The molecule has 4 rings (SSSR count). The Balaban J connectivity index is 1.39. The Labute approximate surface area is 192 Å². The highest BCUT2D eigenvalue weighted by Gasteiger charge is 2.36. The fraction of sp³-hybridized carbons (Fsp3) is 0.269. The van der Waals surface area contributed by atoms with Gasteiger partial charge in [0.2, 0.25) is 11.8 Å². The van der Waals surface area contributed by atoms with Gasteiger partial charge in [0.15, 0.2) is 0 Å². The predicted molar refractivity (Wildman–Crippen MR) is 125 cm³/mol. The molecule has 170 valence electrons. The summed E-state index contributed by atoms with van der Waals surface area (Å²) >= 11 is 0. The Bertz CT molecular complexity index is 1150. The summed E-state index contributed by atoms with van der Waals surface area (Å²) in [5.74, 6) is -1.01. The van der Waals surface area contributed by atoms with Crippen molar-refractivity contribution in [3.05, 3.63) is 83.9 Å². The van der Waals surface area contributed by atoms with Crippen LogP contribution < -0.4 is 11.1 Å². The third-order valence-corrected chi connectivity index (χ3v) is 5.91. The van der Waals surface area contributed by atoms with Crippen LogP contribution >= 0.6 is 0 Å². The van der Waals surface area contributed by atoms with Gasteiger partial charge in [-0.25, -0.2) is 4.79 Å². The van der Waals surface area contributed by atoms with Crippen LogP contribution in [0.3, 0.4) is 0 Å². The lowest BCUT2D eigenvalue weighted by molar-refractivity contribution is -0.130. The Morgan fingerprint density at radius 2 is 1.70 bits per heavy atom. The number of carbonyl (C=O) groups excluding carboxylic acids is 3. The summed E-state index contributed by atoms with van der Waals surface area (Å²) in [5, 5.41) is 4.89. The molecule has 0 aromatic heterocycles. The zero-order chi connectivity index (χ0) is 23.2. The van der Waals surface area contributed by atoms with E-state index < -0.39 is 30.0 Å². The minimum absolute atomic E-state index is 0.135. The zero-order valence-electron chi connectivity index (χ0n) is 18.3. The van der Waals surface area contributed by atoms with E-state index in [4.69, 9.17) is 10.5 Å². The molecule has 3 aromatic carbocycles. The number of amides is 3. The molecule has 0 aliphatic carbocycles. The van der Waals surface area contributed by atoms with Crippen molar-refractivity contribution in [3.63, 3.8) is 0 Å². The zero-order valence-corrected chi connectivity index (χ0v) is 18.3. The molecular weight excluding hydrogens is 418 g/mol. The van der Waals surface area contributed by atoms with Gasteiger partial charge in [-0.15, -0.1) is 0 Å². The van der Waals surface area contributed by atoms with E-state index in [0.29, 0.717) is 19.4 Å². The first-order valence-electron chi connectivity index (χ1n) is 11.1. The highest BCUT2D eigenvalue weighted by Crippen LogP contribution is 2.20. The minimum atomic E-state index is -0.874. The van der Waals surface area contributed by atoms with Gasteiger partial charge in [-0.05, 0) is 34.7 Å². The minimum Gasteiger partial charge on any atom is -0.445 e. The maximum atomic E-state index is 13.0. The monoisotopic (exact) mass is 445 g/mol. The van der Waals surface area contributed by atoms with Gasteiger partial charge < -0.3 is 15.8 Å². The third-order valence-electron chi connectivity index (χ3n) is 5.91. The number of primary amides is 1. The van der Waals surface area contributed by atoms with Crippen LogP contribution in [0.2, 0.25) is 0 Å². The maximum Gasteiger partial charge on any atom is 0.410 e. The molecule has 3 aromatic rings. The first-order valence-corrected chi connectivity index (χ1v) is 11.1. The lowest BCUT2D eigenvalue weighted by Crippen LogP contribution is -2.53. The van der Waals surface area contributed by atoms with Gasteiger partial charge in [0, 0.05) is 13.0 Å². The van der Waals surface area contributed by atoms with Gasteiger partial charge in [0.1, 0.15) is 18.7 Å². The molecule has 7 nitrogen and oxygen atoms in total. The first-order chi connectivity index (χ1) is 16.0. The predicted octanol–water partition coefficient (Wildman–Crippen LogP) is 3.15. The number of hydrogen-bond acceptors (Lipinski definition) is 4. The van der Waals surface area contributed by atoms with E-state index in [0.717, 1.165) is 21.9 Å². The van der Waals surface area contributed by atoms with E-state index in [9.17, 15) is 14.4 Å². The number of benzene rings is 3. The largest absolute Gasteiger partial charge is 0.445 e. The average Bonchev–Trinajstić information content (AvgIpc) is 3.33. The SMILES string of the molecule is NC(=O)[C@@H](Cc1ccc2ccccc2c1)NC(=O)[C@H]1CCCN1C(=O)OCc1ccccc1. The number of fused-ring (bicyclic) bond motifs is 1. The number of hydrogen-bond donors (Lipinski definition) is 2. The van der Waals surface area contributed by atoms with Crippen molar-refractivity contribution in [2.75, 3.05) is 6.54 Å². The van der Waals surface area contributed by atoms with Gasteiger partial charge in [-0.1, -0.05) is 72.8 Å². The molecule has 1 saturated heterocycles. The van der Waals surface area contributed by atoms with Crippen LogP contribution in [-0.4, -0.2) is 41.4 Å². The van der Waals surface area contributed by atoms with E-state index in [-0.39, 0.29) is 13.0 Å². The molecule has 0 saturated carbocycles. The molecule has 0 spiro atoms. The van der Waals surface area contributed by atoms with Crippen LogP contribution in [0, 0.1) is 0 Å². The number of likely N-dealkylation sites (tertiary alicyclic amines) is 1. The molecule has 2 atom stereocenters. The summed E-state index contributed by atoms with van der Waals surface area (Å²) < 4.78 is 5.40. The second-order valence-electron chi connectivity index (χ2n) is 8.24. The third kappa shape index (κ3) is 5.49. The average molecular weight is 446 g/mol. The summed E-state index contributed by atoms with van der Waals surface area (Å²) in [6.45, 7) is 0.564. The molecular formula is C26H27N3O4. The normalized spacial score (nSPS) is 16.4. The van der Waals surface area contributed by atoms with Crippen LogP contribution in [0.25, 0.3) is 10.8 Å². The molecule has 3 amide bonds. The molecule has 0 unspecified atom stereocenters. The number of nitrogens with one attached hydrogen (secondary N) is 1. The second-order valence-corrected chi connectivity index (χ2v) is 8.24. The molecule has 7 heteroatoms. The number of ether oxygens (including phenoxy) is 1. The van der Waals surface area contributed by atoms with Crippen molar-refractivity contribution in [1.29, 1.82) is 0 Å². The quantitative estimate of drug-likeness (QED) is 0.583. The standard InChI is InChI=1S/C26H27N3O4/c27-24(30)22(16-19-12-13-20-9-4-5-10-21(20)15-19)28-25(31)23-11-6-14-29(23)26(32)33-17-18-7-2-1-3-8-18/h1-5,7-10,12-13,15,22-23H,6,11,14,16-17H2,(H2,27,30)(H,28,31)/t22-,23-/m1/s1. The lowest BCUT2D eigenvalue weighted by Gasteiger charge is -2.25. The summed E-state index contributed by atoms with van der Waals surface area (Å²) in [6.07, 6.45) is 0.927. The molecule has 3 N–H and O–H groups in total. The Morgan fingerprint density at radius 1 is 0.970 bits per heavy atom. The maximum absolute atomic E-state index is 13.0. The molecule has 1 aliphatic rings. The number of nitrogens with zero attached hydrogens (tertiary/aromatic N) is 1. The Morgan fingerprint density at radius 3 is 2.45 bits per heavy atom. The van der Waals surface area contributed by atoms with Crippen LogP contribution in [0.15, 0.2) is 72.8 Å². The topological polar surface area (TPSA) is 102 Å². The molecule has 1 fully saturated rings. The molecule has 33 heavy (non-hydrogen) atoms. The van der Waals surface area contributed by atoms with Gasteiger partial charge in [-0.3, -0.25) is 14.5 Å². The van der Waals surface area contributed by atoms with Crippen molar-refractivity contribution in [3.8, 4) is 0 Å². The summed E-state index contributed by atoms with van der Waals surface area (Å²) in [6, 6.07) is 21.6. The number of carbonyl (C=O) groups is 3. The van der Waals surface area contributed by atoms with Crippen LogP contribution in [0.4, 0.5) is 4.79 Å². The van der Waals surface area contributed by atoms with E-state index in [1.807, 2.05) is 72.8 Å². The van der Waals surface area contributed by atoms with Crippen molar-refractivity contribution in [2.24, 2.45) is 5.73 Å². The molecule has 0 bridgehead atoms. The van der Waals surface area contributed by atoms with E-state index in [2.05, 4.69) is 5.32 Å². The smallest absolute Gasteiger partial charge is 0.410 e. The van der Waals surface area contributed by atoms with E-state index >= 15 is 0 Å². The van der Waals surface area contributed by atoms with Gasteiger partial charge >= 0.3 is 6.09 Å². The fourth-order valence-corrected chi connectivity index (χ4v) is 4.15. The van der Waals surface area contributed by atoms with E-state index in [1.54, 1.807) is 0 Å². The van der Waals surface area contributed by atoms with Crippen LogP contribution in [-0.2, 0) is 27.4 Å². The molecule has 1 heterocycles. The second kappa shape index (κ2) is 10.2. The van der Waals surface area contributed by atoms with Crippen molar-refractivity contribution in [2.45, 2.75) is 38.0 Å². The van der Waals surface area contributed by atoms with Crippen LogP contribution in [0.1, 0.15) is 24.0 Å².